The van der Waals surface area contributed by atoms with E-state index in [4.69, 9.17) is 23.7 Å². The fourth-order valence-corrected chi connectivity index (χ4v) is 4.13. The van der Waals surface area contributed by atoms with Crippen LogP contribution >= 0.6 is 0 Å². The minimum Gasteiger partial charge on any atom is -0.496 e. The molecule has 1 aromatic rings. The molecule has 2 fully saturated rings. The lowest BCUT2D eigenvalue weighted by Gasteiger charge is -2.31. The Kier molecular flexibility index (Phi) is 7.15. The molecular weight excluding hydrogens is 344 g/mol. The normalized spacial score (nSPS) is 32.6. The van der Waals surface area contributed by atoms with Gasteiger partial charge in [-0.1, -0.05) is 51.8 Å². The number of fused-ring (bicyclic) bond motifs is 1. The molecule has 3 rings (SSSR count). The van der Waals surface area contributed by atoms with Gasteiger partial charge in [-0.25, -0.2) is 0 Å². The lowest BCUT2D eigenvalue weighted by molar-refractivity contribution is -0.243. The first-order chi connectivity index (χ1) is 13.2. The first-order valence-electron chi connectivity index (χ1n) is 10.4. The zero-order chi connectivity index (χ0) is 19.3. The monoisotopic (exact) mass is 378 g/mol. The van der Waals surface area contributed by atoms with Crippen molar-refractivity contribution in [3.63, 3.8) is 0 Å². The Hall–Kier alpha value is -1.14. The molecule has 5 heteroatoms. The van der Waals surface area contributed by atoms with Crippen molar-refractivity contribution in [2.24, 2.45) is 0 Å². The number of hydrogen-bond donors (Lipinski definition) is 0. The van der Waals surface area contributed by atoms with E-state index in [0.29, 0.717) is 6.61 Å². The zero-order valence-corrected chi connectivity index (χ0v) is 17.1. The number of rotatable bonds is 10. The highest BCUT2D eigenvalue weighted by atomic mass is 16.8. The van der Waals surface area contributed by atoms with Crippen LogP contribution < -0.4 is 4.74 Å². The van der Waals surface area contributed by atoms with Crippen molar-refractivity contribution in [3.05, 3.63) is 29.8 Å². The van der Waals surface area contributed by atoms with Crippen molar-refractivity contribution < 1.29 is 23.7 Å². The molecule has 0 aliphatic carbocycles. The van der Waals surface area contributed by atoms with Gasteiger partial charge in [0, 0.05) is 18.4 Å². The number of methoxy groups -OCH3 is 1. The number of para-hydroxylation sites is 1. The summed E-state index contributed by atoms with van der Waals surface area (Å²) < 4.78 is 30.8. The van der Waals surface area contributed by atoms with Gasteiger partial charge >= 0.3 is 0 Å². The number of ether oxygens (including phenoxy) is 5. The second-order valence-electron chi connectivity index (χ2n) is 7.50. The minimum absolute atomic E-state index is 0.0134. The summed E-state index contributed by atoms with van der Waals surface area (Å²) in [5.41, 5.74) is 1.03. The van der Waals surface area contributed by atoms with Crippen molar-refractivity contribution in [2.75, 3.05) is 7.11 Å². The molecule has 152 valence electrons. The third kappa shape index (κ3) is 4.48. The Morgan fingerprint density at radius 1 is 1.04 bits per heavy atom. The molecule has 1 aromatic carbocycles. The van der Waals surface area contributed by atoms with Crippen molar-refractivity contribution >= 4 is 0 Å². The van der Waals surface area contributed by atoms with Crippen molar-refractivity contribution in [1.29, 1.82) is 0 Å². The van der Waals surface area contributed by atoms with Crippen LogP contribution in [0.3, 0.4) is 0 Å². The molecule has 5 atom stereocenters. The summed E-state index contributed by atoms with van der Waals surface area (Å²) in [7, 11) is 1.68. The van der Waals surface area contributed by atoms with Gasteiger partial charge in [-0.3, -0.25) is 0 Å². The van der Waals surface area contributed by atoms with Crippen LogP contribution in [0.1, 0.15) is 64.9 Å². The fourth-order valence-electron chi connectivity index (χ4n) is 4.13. The molecule has 0 amide bonds. The van der Waals surface area contributed by atoms with E-state index < -0.39 is 5.79 Å². The van der Waals surface area contributed by atoms with Gasteiger partial charge in [0.2, 0.25) is 0 Å². The first-order valence-corrected chi connectivity index (χ1v) is 10.4. The summed E-state index contributed by atoms with van der Waals surface area (Å²) in [5, 5.41) is 0. The molecule has 27 heavy (non-hydrogen) atoms. The van der Waals surface area contributed by atoms with Crippen LogP contribution in [0.15, 0.2) is 24.3 Å². The van der Waals surface area contributed by atoms with Gasteiger partial charge in [0.1, 0.15) is 18.0 Å². The van der Waals surface area contributed by atoms with E-state index in [2.05, 4.69) is 20.8 Å². The standard InChI is InChI=1S/C22H34O5/c1-5-8-14-22(13-6-2)26-20-19(17(7-3)25-21(20)27-22)24-15-16-11-9-10-12-18(16)23-4/h9-12,17,19-21H,5-8,13-15H2,1-4H3/t17-,19+,20-,21-,22?/m1/s1. The maximum absolute atomic E-state index is 6.50. The fraction of sp³-hybridized carbons (Fsp3) is 0.727. The summed E-state index contributed by atoms with van der Waals surface area (Å²) in [6.07, 6.45) is 5.24. The lowest BCUT2D eigenvalue weighted by Crippen LogP contribution is -2.38. The maximum atomic E-state index is 6.50. The summed E-state index contributed by atoms with van der Waals surface area (Å²) in [6.45, 7) is 6.94. The average Bonchev–Trinajstić information content (AvgIpc) is 3.19. The molecule has 2 aliphatic heterocycles. The van der Waals surface area contributed by atoms with Crippen LogP contribution in [-0.4, -0.2) is 37.5 Å². The summed E-state index contributed by atoms with van der Waals surface area (Å²) in [4.78, 5) is 0. The van der Waals surface area contributed by atoms with Crippen molar-refractivity contribution in [3.8, 4) is 5.75 Å². The van der Waals surface area contributed by atoms with Gasteiger partial charge in [0.05, 0.1) is 19.8 Å². The summed E-state index contributed by atoms with van der Waals surface area (Å²) in [5.74, 6) is 0.318. The quantitative estimate of drug-likeness (QED) is 0.584. The van der Waals surface area contributed by atoms with Crippen LogP contribution in [-0.2, 0) is 25.6 Å². The maximum Gasteiger partial charge on any atom is 0.190 e. The first kappa shape index (κ1) is 20.6. The van der Waals surface area contributed by atoms with Gasteiger partial charge < -0.3 is 23.7 Å². The average molecular weight is 379 g/mol. The topological polar surface area (TPSA) is 46.2 Å². The molecule has 0 spiro atoms. The SMILES string of the molecule is CCCCC1(CCC)O[C@H]2O[C@H](CC)[C@H](OCc3ccccc3OC)[C@H]2O1. The Labute approximate surface area is 163 Å². The third-order valence-electron chi connectivity index (χ3n) is 5.52. The highest BCUT2D eigenvalue weighted by molar-refractivity contribution is 5.32. The predicted octanol–water partition coefficient (Wildman–Crippen LogP) is 4.82. The van der Waals surface area contributed by atoms with Gasteiger partial charge in [-0.15, -0.1) is 0 Å². The van der Waals surface area contributed by atoms with Gasteiger partial charge in [0.15, 0.2) is 12.1 Å². The van der Waals surface area contributed by atoms with E-state index in [1.807, 2.05) is 24.3 Å². The Bertz CT molecular complexity index is 592. The Morgan fingerprint density at radius 2 is 1.85 bits per heavy atom. The highest BCUT2D eigenvalue weighted by Gasteiger charge is 2.57. The highest BCUT2D eigenvalue weighted by Crippen LogP contribution is 2.44. The number of unbranched alkanes of at least 4 members (excludes halogenated alkanes) is 1. The third-order valence-corrected chi connectivity index (χ3v) is 5.52. The predicted molar refractivity (Wildman–Crippen MR) is 104 cm³/mol. The molecule has 2 saturated heterocycles. The van der Waals surface area contributed by atoms with E-state index in [-0.39, 0.29) is 24.6 Å². The smallest absolute Gasteiger partial charge is 0.190 e. The Morgan fingerprint density at radius 3 is 2.56 bits per heavy atom. The molecular formula is C22H34O5. The van der Waals surface area contributed by atoms with Crippen molar-refractivity contribution in [2.45, 2.75) is 96.3 Å². The van der Waals surface area contributed by atoms with Crippen LogP contribution in [0.5, 0.6) is 5.75 Å². The molecule has 0 radical (unpaired) electrons. The Balaban J connectivity index is 1.70. The lowest BCUT2D eigenvalue weighted by atomic mass is 10.0. The minimum atomic E-state index is -0.523. The van der Waals surface area contributed by atoms with Crippen LogP contribution in [0, 0.1) is 0 Å². The van der Waals surface area contributed by atoms with Crippen molar-refractivity contribution in [1.82, 2.24) is 0 Å². The number of hydrogen-bond acceptors (Lipinski definition) is 5. The molecule has 2 aliphatic rings. The van der Waals surface area contributed by atoms with E-state index >= 15 is 0 Å². The van der Waals surface area contributed by atoms with E-state index in [9.17, 15) is 0 Å². The van der Waals surface area contributed by atoms with Gasteiger partial charge in [0.25, 0.3) is 0 Å². The van der Waals surface area contributed by atoms with E-state index in [0.717, 1.165) is 49.8 Å². The second kappa shape index (κ2) is 9.37. The molecule has 1 unspecified atom stereocenters. The summed E-state index contributed by atoms with van der Waals surface area (Å²) in [6, 6.07) is 7.95. The molecule has 5 nitrogen and oxygen atoms in total. The van der Waals surface area contributed by atoms with Crippen LogP contribution in [0.25, 0.3) is 0 Å². The van der Waals surface area contributed by atoms with Crippen LogP contribution in [0.4, 0.5) is 0 Å². The molecule has 0 bridgehead atoms. The second-order valence-corrected chi connectivity index (χ2v) is 7.50. The summed E-state index contributed by atoms with van der Waals surface area (Å²) >= 11 is 0. The molecule has 0 N–H and O–H groups in total. The largest absolute Gasteiger partial charge is 0.496 e. The van der Waals surface area contributed by atoms with Crippen LogP contribution in [0.2, 0.25) is 0 Å². The molecule has 0 saturated carbocycles. The van der Waals surface area contributed by atoms with Gasteiger partial charge in [-0.05, 0) is 18.9 Å². The number of benzene rings is 1. The molecule has 0 aromatic heterocycles. The zero-order valence-electron chi connectivity index (χ0n) is 17.1. The molecule has 2 heterocycles. The van der Waals surface area contributed by atoms with Gasteiger partial charge in [-0.2, -0.15) is 0 Å². The van der Waals surface area contributed by atoms with E-state index in [1.54, 1.807) is 7.11 Å². The van der Waals surface area contributed by atoms with E-state index in [1.165, 1.54) is 0 Å².